The molecule has 27 heavy (non-hydrogen) atoms. The Kier molecular flexibility index (Phi) is 4.79. The highest BCUT2D eigenvalue weighted by atomic mass is 16.2. The number of piperidine rings is 1. The Balaban J connectivity index is 1.57. The van der Waals surface area contributed by atoms with E-state index in [4.69, 9.17) is 0 Å². The number of likely N-dealkylation sites (tertiary alicyclic amines) is 1. The average molecular weight is 363 g/mol. The van der Waals surface area contributed by atoms with Crippen molar-refractivity contribution >= 4 is 5.91 Å². The first-order valence-corrected chi connectivity index (χ1v) is 9.58. The van der Waals surface area contributed by atoms with Gasteiger partial charge in [0, 0.05) is 43.0 Å². The quantitative estimate of drug-likeness (QED) is 0.770. The predicted octanol–water partition coefficient (Wildman–Crippen LogP) is 3.62. The SMILES string of the molecule is CCn1nccc1C(=O)N1CCCC(c2[nH]ncc2-c2ccc(C)cc2)C1. The van der Waals surface area contributed by atoms with Crippen molar-refractivity contribution in [3.8, 4) is 11.1 Å². The highest BCUT2D eigenvalue weighted by Crippen LogP contribution is 2.33. The lowest BCUT2D eigenvalue weighted by Gasteiger charge is -2.32. The number of nitrogens with zero attached hydrogens (tertiary/aromatic N) is 4. The van der Waals surface area contributed by atoms with E-state index in [1.165, 1.54) is 5.56 Å². The molecule has 4 rings (SSSR count). The van der Waals surface area contributed by atoms with Crippen LogP contribution in [0.15, 0.2) is 42.7 Å². The molecule has 6 nitrogen and oxygen atoms in total. The average Bonchev–Trinajstić information content (AvgIpc) is 3.37. The highest BCUT2D eigenvalue weighted by molar-refractivity contribution is 5.92. The van der Waals surface area contributed by atoms with Gasteiger partial charge in [0.25, 0.3) is 5.91 Å². The summed E-state index contributed by atoms with van der Waals surface area (Å²) in [5.74, 6) is 0.329. The van der Waals surface area contributed by atoms with E-state index in [1.54, 1.807) is 10.9 Å². The van der Waals surface area contributed by atoms with Gasteiger partial charge in [-0.2, -0.15) is 10.2 Å². The summed E-state index contributed by atoms with van der Waals surface area (Å²) >= 11 is 0. The number of carbonyl (C=O) groups is 1. The van der Waals surface area contributed by atoms with Crippen molar-refractivity contribution in [2.24, 2.45) is 0 Å². The van der Waals surface area contributed by atoms with E-state index >= 15 is 0 Å². The van der Waals surface area contributed by atoms with Crippen molar-refractivity contribution in [1.29, 1.82) is 0 Å². The molecule has 3 aromatic rings. The zero-order valence-corrected chi connectivity index (χ0v) is 15.9. The van der Waals surface area contributed by atoms with Crippen LogP contribution in [-0.4, -0.2) is 43.9 Å². The van der Waals surface area contributed by atoms with Gasteiger partial charge in [-0.25, -0.2) is 0 Å². The molecule has 1 fully saturated rings. The molecule has 3 heterocycles. The summed E-state index contributed by atoms with van der Waals surface area (Å²) in [5.41, 5.74) is 5.33. The van der Waals surface area contributed by atoms with Crippen LogP contribution in [0.25, 0.3) is 11.1 Å². The van der Waals surface area contributed by atoms with Crippen molar-refractivity contribution < 1.29 is 4.79 Å². The van der Waals surface area contributed by atoms with Crippen LogP contribution >= 0.6 is 0 Å². The van der Waals surface area contributed by atoms with Crippen molar-refractivity contribution in [2.75, 3.05) is 13.1 Å². The third-order valence-corrected chi connectivity index (χ3v) is 5.38. The van der Waals surface area contributed by atoms with E-state index in [0.717, 1.165) is 36.2 Å². The second-order valence-corrected chi connectivity index (χ2v) is 7.19. The van der Waals surface area contributed by atoms with Crippen molar-refractivity contribution in [3.63, 3.8) is 0 Å². The topological polar surface area (TPSA) is 66.8 Å². The number of hydrogen-bond donors (Lipinski definition) is 1. The molecule has 0 saturated carbocycles. The van der Waals surface area contributed by atoms with Gasteiger partial charge in [0.05, 0.1) is 6.20 Å². The molecule has 2 aromatic heterocycles. The molecule has 1 aromatic carbocycles. The monoisotopic (exact) mass is 363 g/mol. The first-order chi connectivity index (χ1) is 13.2. The van der Waals surface area contributed by atoms with Gasteiger partial charge < -0.3 is 4.90 Å². The van der Waals surface area contributed by atoms with Crippen molar-refractivity contribution in [2.45, 2.75) is 39.2 Å². The molecule has 1 atom stereocenters. The maximum Gasteiger partial charge on any atom is 0.272 e. The van der Waals surface area contributed by atoms with Gasteiger partial charge >= 0.3 is 0 Å². The smallest absolute Gasteiger partial charge is 0.272 e. The number of aromatic nitrogens is 4. The highest BCUT2D eigenvalue weighted by Gasteiger charge is 2.29. The number of amides is 1. The number of H-pyrrole nitrogens is 1. The number of aromatic amines is 1. The molecule has 1 aliphatic rings. The Bertz CT molecular complexity index is 924. The van der Waals surface area contributed by atoms with Gasteiger partial charge in [-0.3, -0.25) is 14.6 Å². The van der Waals surface area contributed by atoms with Crippen molar-refractivity contribution in [3.05, 3.63) is 59.7 Å². The first kappa shape index (κ1) is 17.5. The molecular weight excluding hydrogens is 338 g/mol. The summed E-state index contributed by atoms with van der Waals surface area (Å²) in [5, 5.41) is 11.7. The van der Waals surface area contributed by atoms with Gasteiger partial charge in [0.2, 0.25) is 0 Å². The number of hydrogen-bond acceptors (Lipinski definition) is 3. The number of nitrogens with one attached hydrogen (secondary N) is 1. The van der Waals surface area contributed by atoms with Crippen LogP contribution in [0.4, 0.5) is 0 Å². The normalized spacial score (nSPS) is 17.3. The summed E-state index contributed by atoms with van der Waals surface area (Å²) in [4.78, 5) is 14.9. The Morgan fingerprint density at radius 1 is 1.26 bits per heavy atom. The van der Waals surface area contributed by atoms with Crippen LogP contribution < -0.4 is 0 Å². The van der Waals surface area contributed by atoms with E-state index in [2.05, 4.69) is 46.5 Å². The summed E-state index contributed by atoms with van der Waals surface area (Å²) in [6, 6.07) is 10.3. The maximum absolute atomic E-state index is 13.0. The minimum atomic E-state index is 0.0652. The molecule has 0 spiro atoms. The third-order valence-electron chi connectivity index (χ3n) is 5.38. The molecule has 1 saturated heterocycles. The lowest BCUT2D eigenvalue weighted by atomic mass is 9.90. The van der Waals surface area contributed by atoms with Gasteiger partial charge in [-0.05, 0) is 38.3 Å². The standard InChI is InChI=1S/C21H25N5O/c1-3-26-19(10-11-23-26)21(27)25-12-4-5-17(14-25)20-18(13-22-24-20)16-8-6-15(2)7-9-16/h6-11,13,17H,3-5,12,14H2,1-2H3,(H,22,24). The largest absolute Gasteiger partial charge is 0.337 e. The Morgan fingerprint density at radius 2 is 2.07 bits per heavy atom. The fourth-order valence-corrected chi connectivity index (χ4v) is 3.90. The van der Waals surface area contributed by atoms with Crippen LogP contribution in [0.3, 0.4) is 0 Å². The van der Waals surface area contributed by atoms with E-state index in [9.17, 15) is 4.79 Å². The first-order valence-electron chi connectivity index (χ1n) is 9.58. The van der Waals surface area contributed by atoms with Crippen LogP contribution in [0.1, 0.15) is 47.4 Å². The zero-order valence-electron chi connectivity index (χ0n) is 15.9. The summed E-state index contributed by atoms with van der Waals surface area (Å²) in [7, 11) is 0. The van der Waals surface area contributed by atoms with E-state index in [0.29, 0.717) is 18.8 Å². The van der Waals surface area contributed by atoms with Gasteiger partial charge in [0.1, 0.15) is 5.69 Å². The van der Waals surface area contributed by atoms with Crippen LogP contribution in [0.2, 0.25) is 0 Å². The van der Waals surface area contributed by atoms with E-state index in [1.807, 2.05) is 24.1 Å². The van der Waals surface area contributed by atoms with Gasteiger partial charge in [-0.1, -0.05) is 29.8 Å². The minimum Gasteiger partial charge on any atom is -0.337 e. The van der Waals surface area contributed by atoms with Gasteiger partial charge in [-0.15, -0.1) is 0 Å². The molecule has 0 aliphatic carbocycles. The van der Waals surface area contributed by atoms with Crippen molar-refractivity contribution in [1.82, 2.24) is 24.9 Å². The summed E-state index contributed by atoms with van der Waals surface area (Å²) in [6.07, 6.45) is 5.64. The number of carbonyl (C=O) groups excluding carboxylic acids is 1. The Morgan fingerprint density at radius 3 is 2.85 bits per heavy atom. The molecule has 1 aliphatic heterocycles. The molecule has 1 amide bonds. The Hall–Kier alpha value is -2.89. The third kappa shape index (κ3) is 3.39. The lowest BCUT2D eigenvalue weighted by Crippen LogP contribution is -2.40. The molecule has 0 radical (unpaired) electrons. The zero-order chi connectivity index (χ0) is 18.8. The second kappa shape index (κ2) is 7.39. The molecule has 1 N–H and O–H groups in total. The fourth-order valence-electron chi connectivity index (χ4n) is 3.90. The molecule has 140 valence electrons. The number of aryl methyl sites for hydroxylation is 2. The number of benzene rings is 1. The minimum absolute atomic E-state index is 0.0652. The molecule has 6 heteroatoms. The van der Waals surface area contributed by atoms with E-state index < -0.39 is 0 Å². The summed E-state index contributed by atoms with van der Waals surface area (Å²) < 4.78 is 1.76. The lowest BCUT2D eigenvalue weighted by molar-refractivity contribution is 0.0693. The molecular formula is C21H25N5O. The maximum atomic E-state index is 13.0. The fraction of sp³-hybridized carbons (Fsp3) is 0.381. The summed E-state index contributed by atoms with van der Waals surface area (Å²) in [6.45, 7) is 6.28. The van der Waals surface area contributed by atoms with E-state index in [-0.39, 0.29) is 11.8 Å². The molecule has 0 bridgehead atoms. The second-order valence-electron chi connectivity index (χ2n) is 7.19. The van der Waals surface area contributed by atoms with Crippen LogP contribution in [0.5, 0.6) is 0 Å². The van der Waals surface area contributed by atoms with Crippen LogP contribution in [0, 0.1) is 6.92 Å². The predicted molar refractivity (Wildman–Crippen MR) is 105 cm³/mol. The van der Waals surface area contributed by atoms with Crippen LogP contribution in [-0.2, 0) is 6.54 Å². The Labute approximate surface area is 159 Å². The number of rotatable bonds is 4. The van der Waals surface area contributed by atoms with Gasteiger partial charge in [0.15, 0.2) is 0 Å². The molecule has 1 unspecified atom stereocenters.